The zero-order valence-corrected chi connectivity index (χ0v) is 17.4. The van der Waals surface area contributed by atoms with Crippen molar-refractivity contribution in [2.75, 3.05) is 13.7 Å². The minimum Gasteiger partial charge on any atom is -0.493 e. The summed E-state index contributed by atoms with van der Waals surface area (Å²) in [6, 6.07) is 11.6. The fraction of sp³-hybridized carbons (Fsp3) is 0.364. The van der Waals surface area contributed by atoms with Gasteiger partial charge in [-0.05, 0) is 31.7 Å². The van der Waals surface area contributed by atoms with E-state index in [1.54, 1.807) is 0 Å². The maximum absolute atomic E-state index is 13.3. The number of ether oxygens (including phenoxy) is 2. The van der Waals surface area contributed by atoms with Gasteiger partial charge in [0.15, 0.2) is 11.5 Å². The van der Waals surface area contributed by atoms with E-state index in [0.717, 1.165) is 11.6 Å². The number of rotatable bonds is 7. The number of nitro benzene ring substituents is 1. The molecule has 1 N–H and O–H groups in total. The highest BCUT2D eigenvalue weighted by atomic mass is 16.6. The van der Waals surface area contributed by atoms with Crippen LogP contribution >= 0.6 is 0 Å². The van der Waals surface area contributed by atoms with Gasteiger partial charge in [0.25, 0.3) is 11.6 Å². The Morgan fingerprint density at radius 1 is 1.19 bits per heavy atom. The average molecular weight is 428 g/mol. The second kappa shape index (κ2) is 9.03. The van der Waals surface area contributed by atoms with Gasteiger partial charge in [0.2, 0.25) is 0 Å². The molecule has 9 heteroatoms. The molecule has 0 saturated carbocycles. The third kappa shape index (κ3) is 4.45. The minimum atomic E-state index is -1.43. The predicted molar refractivity (Wildman–Crippen MR) is 111 cm³/mol. The highest BCUT2D eigenvalue weighted by molar-refractivity contribution is 6.01. The molecule has 0 radical (unpaired) electrons. The second-order valence-electron chi connectivity index (χ2n) is 7.54. The minimum absolute atomic E-state index is 0.120. The molecule has 1 aliphatic rings. The number of methoxy groups -OCH3 is 1. The normalized spacial score (nSPS) is 18.3. The Balaban J connectivity index is 1.98. The van der Waals surface area contributed by atoms with Gasteiger partial charge in [-0.3, -0.25) is 14.9 Å². The third-order valence-corrected chi connectivity index (χ3v) is 5.54. The summed E-state index contributed by atoms with van der Waals surface area (Å²) in [5.41, 5.74) is -1.27. The lowest BCUT2D eigenvalue weighted by atomic mass is 9.87. The SMILES string of the molecule is COc1cc(C(=O)N2CCCC[C@]2(C)C(=O)O)c([N+](=O)[O-])cc1OCc1ccccc1. The Bertz CT molecular complexity index is 993. The topological polar surface area (TPSA) is 119 Å². The van der Waals surface area contributed by atoms with Crippen molar-refractivity contribution in [2.24, 2.45) is 0 Å². The number of likely N-dealkylation sites (tertiary alicyclic amines) is 1. The number of carboxylic acids is 1. The van der Waals surface area contributed by atoms with E-state index in [1.165, 1.54) is 25.0 Å². The number of carboxylic acid groups (broad SMARTS) is 1. The molecule has 1 atom stereocenters. The summed E-state index contributed by atoms with van der Waals surface area (Å²) in [6.45, 7) is 1.82. The van der Waals surface area contributed by atoms with E-state index in [0.29, 0.717) is 12.8 Å². The van der Waals surface area contributed by atoms with E-state index in [2.05, 4.69) is 0 Å². The van der Waals surface area contributed by atoms with Crippen molar-refractivity contribution in [3.05, 3.63) is 63.7 Å². The Morgan fingerprint density at radius 2 is 1.90 bits per heavy atom. The first kappa shape index (κ1) is 22.1. The first-order valence-electron chi connectivity index (χ1n) is 9.86. The number of nitrogens with zero attached hydrogens (tertiary/aromatic N) is 2. The Labute approximate surface area is 179 Å². The number of amides is 1. The van der Waals surface area contributed by atoms with E-state index in [1.807, 2.05) is 30.3 Å². The first-order valence-corrected chi connectivity index (χ1v) is 9.86. The zero-order valence-electron chi connectivity index (χ0n) is 17.4. The van der Waals surface area contributed by atoms with Crippen LogP contribution in [0.4, 0.5) is 5.69 Å². The van der Waals surface area contributed by atoms with Crippen molar-refractivity contribution in [2.45, 2.75) is 38.3 Å². The van der Waals surface area contributed by atoms with Crippen LogP contribution in [0.1, 0.15) is 42.1 Å². The molecule has 2 aromatic carbocycles. The van der Waals surface area contributed by atoms with Crippen LogP contribution in [-0.2, 0) is 11.4 Å². The molecule has 3 rings (SSSR count). The summed E-state index contributed by atoms with van der Waals surface area (Å²) in [5.74, 6) is -1.59. The quantitative estimate of drug-likeness (QED) is 0.528. The smallest absolute Gasteiger partial charge is 0.329 e. The van der Waals surface area contributed by atoms with Gasteiger partial charge < -0.3 is 19.5 Å². The fourth-order valence-corrected chi connectivity index (χ4v) is 3.69. The van der Waals surface area contributed by atoms with E-state index >= 15 is 0 Å². The van der Waals surface area contributed by atoms with E-state index in [9.17, 15) is 24.8 Å². The zero-order chi connectivity index (χ0) is 22.6. The number of nitro groups is 1. The number of hydrogen-bond acceptors (Lipinski definition) is 6. The van der Waals surface area contributed by atoms with Crippen molar-refractivity contribution in [3.8, 4) is 11.5 Å². The van der Waals surface area contributed by atoms with E-state index in [4.69, 9.17) is 9.47 Å². The Morgan fingerprint density at radius 3 is 2.52 bits per heavy atom. The van der Waals surface area contributed by atoms with Crippen LogP contribution < -0.4 is 9.47 Å². The van der Waals surface area contributed by atoms with Gasteiger partial charge in [0.1, 0.15) is 17.7 Å². The van der Waals surface area contributed by atoms with Crippen LogP contribution in [0.15, 0.2) is 42.5 Å². The van der Waals surface area contributed by atoms with Gasteiger partial charge in [-0.1, -0.05) is 30.3 Å². The second-order valence-corrected chi connectivity index (χ2v) is 7.54. The molecule has 0 spiro atoms. The van der Waals surface area contributed by atoms with Gasteiger partial charge in [-0.2, -0.15) is 0 Å². The summed E-state index contributed by atoms with van der Waals surface area (Å²) in [6.07, 6.45) is 1.55. The van der Waals surface area contributed by atoms with Gasteiger partial charge in [-0.15, -0.1) is 0 Å². The van der Waals surface area contributed by atoms with Crippen LogP contribution in [0.25, 0.3) is 0 Å². The molecule has 0 aromatic heterocycles. The van der Waals surface area contributed by atoms with Gasteiger partial charge in [0.05, 0.1) is 18.1 Å². The van der Waals surface area contributed by atoms with Gasteiger partial charge in [-0.25, -0.2) is 4.79 Å². The van der Waals surface area contributed by atoms with Crippen molar-refractivity contribution < 1.29 is 29.1 Å². The monoisotopic (exact) mass is 428 g/mol. The molecule has 0 bridgehead atoms. The number of carbonyl (C=O) groups is 2. The van der Waals surface area contributed by atoms with Crippen molar-refractivity contribution in [1.29, 1.82) is 0 Å². The van der Waals surface area contributed by atoms with Crippen molar-refractivity contribution in [3.63, 3.8) is 0 Å². The molecule has 1 amide bonds. The summed E-state index contributed by atoms with van der Waals surface area (Å²) in [4.78, 5) is 37.4. The number of hydrogen-bond donors (Lipinski definition) is 1. The molecule has 1 heterocycles. The summed E-state index contributed by atoms with van der Waals surface area (Å²) in [7, 11) is 1.37. The van der Waals surface area contributed by atoms with Crippen LogP contribution in [0.5, 0.6) is 11.5 Å². The van der Waals surface area contributed by atoms with Gasteiger partial charge in [0, 0.05) is 12.6 Å². The standard InChI is InChI=1S/C22H24N2O7/c1-22(21(26)27)10-6-7-11-23(22)20(25)16-12-18(30-2)19(13-17(16)24(28)29)31-14-15-8-4-3-5-9-15/h3-5,8-9,12-13H,6-7,10-11,14H2,1-2H3,(H,26,27)/t22-/m1/s1. The molecular weight excluding hydrogens is 404 g/mol. The maximum Gasteiger partial charge on any atom is 0.329 e. The summed E-state index contributed by atoms with van der Waals surface area (Å²) in [5, 5.41) is 21.4. The fourth-order valence-electron chi connectivity index (χ4n) is 3.69. The van der Waals surface area contributed by atoms with Gasteiger partial charge >= 0.3 is 5.97 Å². The Hall–Kier alpha value is -3.62. The molecule has 1 saturated heterocycles. The molecule has 2 aromatic rings. The van der Waals surface area contributed by atoms with E-state index < -0.39 is 28.0 Å². The van der Waals surface area contributed by atoms with Crippen LogP contribution in [0.2, 0.25) is 0 Å². The highest BCUT2D eigenvalue weighted by Gasteiger charge is 2.45. The average Bonchev–Trinajstić information content (AvgIpc) is 2.77. The predicted octanol–water partition coefficient (Wildman–Crippen LogP) is 3.65. The molecule has 0 aliphatic carbocycles. The van der Waals surface area contributed by atoms with E-state index in [-0.39, 0.29) is 36.6 Å². The molecule has 31 heavy (non-hydrogen) atoms. The first-order chi connectivity index (χ1) is 14.8. The summed E-state index contributed by atoms with van der Waals surface area (Å²) >= 11 is 0. The molecule has 9 nitrogen and oxygen atoms in total. The van der Waals surface area contributed by atoms with Crippen LogP contribution in [0, 0.1) is 10.1 Å². The lowest BCUT2D eigenvalue weighted by Gasteiger charge is -2.41. The molecular formula is C22H24N2O7. The molecule has 1 fully saturated rings. The number of aliphatic carboxylic acids is 1. The molecule has 1 aliphatic heterocycles. The summed E-state index contributed by atoms with van der Waals surface area (Å²) < 4.78 is 11.0. The molecule has 164 valence electrons. The lowest BCUT2D eigenvalue weighted by Crippen LogP contribution is -2.57. The molecule has 0 unspecified atom stereocenters. The van der Waals surface area contributed by atoms with Crippen molar-refractivity contribution in [1.82, 2.24) is 4.90 Å². The highest BCUT2D eigenvalue weighted by Crippen LogP contribution is 2.38. The van der Waals surface area contributed by atoms with Crippen LogP contribution in [0.3, 0.4) is 0 Å². The Kier molecular flexibility index (Phi) is 6.43. The third-order valence-electron chi connectivity index (χ3n) is 5.54. The number of piperidine rings is 1. The largest absolute Gasteiger partial charge is 0.493 e. The maximum atomic E-state index is 13.3. The number of carbonyl (C=O) groups excluding carboxylic acids is 1. The number of benzene rings is 2. The van der Waals surface area contributed by atoms with Crippen LogP contribution in [-0.4, -0.2) is 46.0 Å². The van der Waals surface area contributed by atoms with Crippen molar-refractivity contribution >= 4 is 17.6 Å². The lowest BCUT2D eigenvalue weighted by molar-refractivity contribution is -0.385.